The van der Waals surface area contributed by atoms with E-state index in [-0.39, 0.29) is 17.1 Å². The zero-order chi connectivity index (χ0) is 19.8. The van der Waals surface area contributed by atoms with Crippen molar-refractivity contribution in [3.63, 3.8) is 0 Å². The molecular formula is C20H23BrN2O3S. The Kier molecular flexibility index (Phi) is 8.06. The zero-order valence-corrected chi connectivity index (χ0v) is 17.9. The summed E-state index contributed by atoms with van der Waals surface area (Å²) in [5.41, 5.74) is 1.17. The van der Waals surface area contributed by atoms with Crippen LogP contribution < -0.4 is 20.1 Å². The maximum atomic E-state index is 12.5. The highest BCUT2D eigenvalue weighted by molar-refractivity contribution is 9.10. The van der Waals surface area contributed by atoms with E-state index in [0.717, 1.165) is 22.3 Å². The Balaban J connectivity index is 1.99. The molecule has 0 spiro atoms. The molecule has 1 amide bonds. The number of amides is 1. The second-order valence-corrected chi connectivity index (χ2v) is 7.17. The highest BCUT2D eigenvalue weighted by Crippen LogP contribution is 2.23. The third-order valence-corrected chi connectivity index (χ3v) is 4.43. The van der Waals surface area contributed by atoms with Crippen LogP contribution in [0.2, 0.25) is 0 Å². The highest BCUT2D eigenvalue weighted by Gasteiger charge is 2.14. The Morgan fingerprint density at radius 3 is 2.52 bits per heavy atom. The van der Waals surface area contributed by atoms with Crippen LogP contribution in [-0.2, 0) is 0 Å². The zero-order valence-electron chi connectivity index (χ0n) is 15.5. The number of anilines is 1. The lowest BCUT2D eigenvalue weighted by Crippen LogP contribution is -2.34. The summed E-state index contributed by atoms with van der Waals surface area (Å²) in [6.45, 7) is 6.43. The first-order chi connectivity index (χ1) is 12.9. The van der Waals surface area contributed by atoms with Crippen molar-refractivity contribution in [3.05, 3.63) is 52.5 Å². The van der Waals surface area contributed by atoms with Crippen LogP contribution in [-0.4, -0.2) is 23.7 Å². The summed E-state index contributed by atoms with van der Waals surface area (Å²) in [6.07, 6.45) is 1.10. The van der Waals surface area contributed by atoms with Gasteiger partial charge in [-0.1, -0.05) is 22.9 Å². The molecule has 0 saturated heterocycles. The Bertz CT molecular complexity index is 796. The van der Waals surface area contributed by atoms with E-state index < -0.39 is 0 Å². The second kappa shape index (κ2) is 10.3. The molecule has 2 aromatic carbocycles. The van der Waals surface area contributed by atoms with Gasteiger partial charge in [0.1, 0.15) is 11.5 Å². The Labute approximate surface area is 173 Å². The molecule has 0 fully saturated rings. The van der Waals surface area contributed by atoms with E-state index in [2.05, 4.69) is 33.5 Å². The molecular weight excluding hydrogens is 428 g/mol. The van der Waals surface area contributed by atoms with Gasteiger partial charge in [0, 0.05) is 10.2 Å². The number of ether oxygens (including phenoxy) is 2. The molecule has 2 N–H and O–H groups in total. The molecule has 7 heteroatoms. The lowest BCUT2D eigenvalue weighted by molar-refractivity contribution is 0.0974. The number of hydrogen-bond donors (Lipinski definition) is 2. The van der Waals surface area contributed by atoms with Gasteiger partial charge in [-0.3, -0.25) is 10.1 Å². The molecule has 0 saturated carbocycles. The number of halogens is 1. The second-order valence-electron chi connectivity index (χ2n) is 5.84. The Hall–Kier alpha value is -2.12. The van der Waals surface area contributed by atoms with Crippen LogP contribution in [0.3, 0.4) is 0 Å². The third-order valence-electron chi connectivity index (χ3n) is 3.74. The molecule has 0 aromatic heterocycles. The summed E-state index contributed by atoms with van der Waals surface area (Å²) in [4.78, 5) is 12.5. The summed E-state index contributed by atoms with van der Waals surface area (Å²) in [7, 11) is 0. The van der Waals surface area contributed by atoms with Gasteiger partial charge in [-0.15, -0.1) is 0 Å². The van der Waals surface area contributed by atoms with Gasteiger partial charge >= 0.3 is 0 Å². The van der Waals surface area contributed by atoms with Crippen LogP contribution in [0.4, 0.5) is 5.69 Å². The maximum absolute atomic E-state index is 12.5. The lowest BCUT2D eigenvalue weighted by Gasteiger charge is -2.14. The van der Waals surface area contributed by atoms with Crippen molar-refractivity contribution in [1.29, 1.82) is 0 Å². The lowest BCUT2D eigenvalue weighted by atomic mass is 10.2. The molecule has 0 aliphatic carbocycles. The normalized spacial score (nSPS) is 11.4. The summed E-state index contributed by atoms with van der Waals surface area (Å²) in [5.74, 6) is 0.960. The average molecular weight is 451 g/mol. The number of rotatable bonds is 7. The first kappa shape index (κ1) is 21.2. The van der Waals surface area contributed by atoms with Gasteiger partial charge in [0.15, 0.2) is 5.11 Å². The van der Waals surface area contributed by atoms with Crippen LogP contribution >= 0.6 is 28.1 Å². The van der Waals surface area contributed by atoms with E-state index in [9.17, 15) is 4.79 Å². The van der Waals surface area contributed by atoms with E-state index in [0.29, 0.717) is 17.9 Å². The predicted molar refractivity (Wildman–Crippen MR) is 116 cm³/mol. The smallest absolute Gasteiger partial charge is 0.261 e. The molecule has 2 aromatic rings. The van der Waals surface area contributed by atoms with Crippen molar-refractivity contribution < 1.29 is 14.3 Å². The van der Waals surface area contributed by atoms with Crippen LogP contribution in [0.1, 0.15) is 37.6 Å². The van der Waals surface area contributed by atoms with E-state index >= 15 is 0 Å². The minimum atomic E-state index is -0.339. The van der Waals surface area contributed by atoms with Gasteiger partial charge in [-0.25, -0.2) is 0 Å². The average Bonchev–Trinajstić information content (AvgIpc) is 2.64. The van der Waals surface area contributed by atoms with Crippen molar-refractivity contribution in [2.24, 2.45) is 0 Å². The SMILES string of the molecule is CCOc1ccc(Br)cc1C(=O)NC(=S)Nc1ccc(OC(C)CC)cc1. The van der Waals surface area contributed by atoms with Gasteiger partial charge in [0.2, 0.25) is 0 Å². The first-order valence-electron chi connectivity index (χ1n) is 8.74. The van der Waals surface area contributed by atoms with Gasteiger partial charge in [-0.2, -0.15) is 0 Å². The topological polar surface area (TPSA) is 59.6 Å². The van der Waals surface area contributed by atoms with Crippen molar-refractivity contribution in [2.45, 2.75) is 33.3 Å². The fourth-order valence-corrected chi connectivity index (χ4v) is 2.80. The molecule has 1 unspecified atom stereocenters. The van der Waals surface area contributed by atoms with E-state index in [1.165, 1.54) is 0 Å². The van der Waals surface area contributed by atoms with Crippen molar-refractivity contribution in [3.8, 4) is 11.5 Å². The van der Waals surface area contributed by atoms with Crippen LogP contribution in [0, 0.1) is 0 Å². The highest BCUT2D eigenvalue weighted by atomic mass is 79.9. The molecule has 144 valence electrons. The molecule has 0 radical (unpaired) electrons. The predicted octanol–water partition coefficient (Wildman–Crippen LogP) is 5.15. The number of benzene rings is 2. The number of hydrogen-bond acceptors (Lipinski definition) is 4. The maximum Gasteiger partial charge on any atom is 0.261 e. The van der Waals surface area contributed by atoms with Crippen molar-refractivity contribution >= 4 is 44.9 Å². The molecule has 0 bridgehead atoms. The third kappa shape index (κ3) is 6.52. The fourth-order valence-electron chi connectivity index (χ4n) is 2.23. The molecule has 0 heterocycles. The van der Waals surface area contributed by atoms with E-state index in [1.807, 2.05) is 44.2 Å². The fraction of sp³-hybridized carbons (Fsp3) is 0.300. The number of thiocarbonyl (C=S) groups is 1. The first-order valence-corrected chi connectivity index (χ1v) is 9.94. The summed E-state index contributed by atoms with van der Waals surface area (Å²) in [6, 6.07) is 12.7. The quantitative estimate of drug-likeness (QED) is 0.570. The number of carbonyl (C=O) groups is 1. The monoisotopic (exact) mass is 450 g/mol. The summed E-state index contributed by atoms with van der Waals surface area (Å²) >= 11 is 8.62. The van der Waals surface area contributed by atoms with Gasteiger partial charge in [0.25, 0.3) is 5.91 Å². The van der Waals surface area contributed by atoms with E-state index in [1.54, 1.807) is 12.1 Å². The number of carbonyl (C=O) groups excluding carboxylic acids is 1. The standard InChI is InChI=1S/C20H23BrN2O3S/c1-4-13(3)26-16-9-7-15(8-10-16)22-20(27)23-19(24)17-12-14(21)6-11-18(17)25-5-2/h6-13H,4-5H2,1-3H3,(H2,22,23,24,27). The minimum Gasteiger partial charge on any atom is -0.493 e. The molecule has 27 heavy (non-hydrogen) atoms. The van der Waals surface area contributed by atoms with Crippen molar-refractivity contribution in [2.75, 3.05) is 11.9 Å². The van der Waals surface area contributed by atoms with E-state index in [4.69, 9.17) is 21.7 Å². The largest absolute Gasteiger partial charge is 0.493 e. The van der Waals surface area contributed by atoms with Gasteiger partial charge in [-0.05, 0) is 75.0 Å². The Morgan fingerprint density at radius 1 is 1.19 bits per heavy atom. The van der Waals surface area contributed by atoms with Gasteiger partial charge in [0.05, 0.1) is 18.3 Å². The molecule has 0 aliphatic rings. The van der Waals surface area contributed by atoms with Gasteiger partial charge < -0.3 is 14.8 Å². The minimum absolute atomic E-state index is 0.161. The summed E-state index contributed by atoms with van der Waals surface area (Å²) < 4.78 is 12.0. The number of nitrogens with one attached hydrogen (secondary N) is 2. The molecule has 2 rings (SSSR count). The summed E-state index contributed by atoms with van der Waals surface area (Å²) in [5, 5.41) is 5.88. The van der Waals surface area contributed by atoms with Crippen LogP contribution in [0.5, 0.6) is 11.5 Å². The van der Waals surface area contributed by atoms with Crippen molar-refractivity contribution in [1.82, 2.24) is 5.32 Å². The molecule has 5 nitrogen and oxygen atoms in total. The van der Waals surface area contributed by atoms with Crippen LogP contribution in [0.15, 0.2) is 46.9 Å². The molecule has 1 atom stereocenters. The van der Waals surface area contributed by atoms with Crippen LogP contribution in [0.25, 0.3) is 0 Å². The molecule has 0 aliphatic heterocycles. The Morgan fingerprint density at radius 2 is 1.89 bits per heavy atom.